The lowest BCUT2D eigenvalue weighted by Crippen LogP contribution is -3.00. The molecule has 0 aliphatic carbocycles. The molecular formula is C24H34Cl2F4N2. The number of hydrogen-bond acceptors (Lipinski definition) is 1. The van der Waals surface area contributed by atoms with Crippen LogP contribution in [0.4, 0.5) is 17.6 Å². The van der Waals surface area contributed by atoms with Crippen molar-refractivity contribution in [2.24, 2.45) is 5.73 Å². The van der Waals surface area contributed by atoms with Gasteiger partial charge in [-0.15, -0.1) is 12.4 Å². The number of benzene rings is 2. The van der Waals surface area contributed by atoms with Crippen molar-refractivity contribution in [3.63, 3.8) is 0 Å². The van der Waals surface area contributed by atoms with Crippen molar-refractivity contribution in [3.05, 3.63) is 70.8 Å². The highest BCUT2D eigenvalue weighted by atomic mass is 35.5. The Labute approximate surface area is 201 Å². The fourth-order valence-electron chi connectivity index (χ4n) is 4.61. The predicted octanol–water partition coefficient (Wildman–Crippen LogP) is 2.81. The molecule has 0 aromatic heterocycles. The number of nitrogens with two attached hydrogens (primary N) is 1. The zero-order valence-corrected chi connectivity index (χ0v) is 19.0. The summed E-state index contributed by atoms with van der Waals surface area (Å²) in [5.74, 6) is -2.05. The second-order valence-electron chi connectivity index (χ2n) is 8.20. The first-order chi connectivity index (χ1) is 13.9. The van der Waals surface area contributed by atoms with E-state index in [-0.39, 0.29) is 49.4 Å². The van der Waals surface area contributed by atoms with Gasteiger partial charge in [0.25, 0.3) is 0 Å². The van der Waals surface area contributed by atoms with Crippen LogP contribution in [0.15, 0.2) is 36.4 Å². The van der Waals surface area contributed by atoms with E-state index in [0.29, 0.717) is 25.7 Å². The third-order valence-electron chi connectivity index (χ3n) is 6.07. The lowest BCUT2D eigenvalue weighted by Gasteiger charge is -2.44. The Morgan fingerprint density at radius 2 is 1.22 bits per heavy atom. The standard InChI is InChI=1S/C23H29F4N2.CH4.2ClH/c24-20-9-1-10-21(25)18(20)7-4-14-29(13-3-6-17(28)16-29)15-5-8-19-22(26)11-2-12-23(19)27;;;/h1-2,9-12,17H,3-8,13-16,28H2;1H4;2*1H/q+1;;;/p-1/t17-;;;/m0.../s1. The van der Waals surface area contributed by atoms with Gasteiger partial charge in [-0.25, -0.2) is 17.6 Å². The molecule has 1 atom stereocenters. The topological polar surface area (TPSA) is 26.0 Å². The summed E-state index contributed by atoms with van der Waals surface area (Å²) in [6, 6.07) is 7.94. The maximum absolute atomic E-state index is 13.9. The van der Waals surface area contributed by atoms with Crippen molar-refractivity contribution in [1.82, 2.24) is 0 Å². The van der Waals surface area contributed by atoms with E-state index >= 15 is 0 Å². The van der Waals surface area contributed by atoms with Crippen molar-refractivity contribution in [2.45, 2.75) is 52.0 Å². The maximum Gasteiger partial charge on any atom is 0.129 e. The third kappa shape index (κ3) is 7.91. The molecule has 0 bridgehead atoms. The molecular weight excluding hydrogens is 463 g/mol. The highest BCUT2D eigenvalue weighted by molar-refractivity contribution is 5.85. The van der Waals surface area contributed by atoms with E-state index in [0.717, 1.165) is 43.5 Å². The number of piperidine rings is 1. The monoisotopic (exact) mass is 496 g/mol. The normalized spacial score (nSPS) is 17.0. The van der Waals surface area contributed by atoms with Crippen molar-refractivity contribution in [2.75, 3.05) is 26.2 Å². The Balaban J connectivity index is 0.00000320. The van der Waals surface area contributed by atoms with E-state index in [2.05, 4.69) is 0 Å². The zero-order valence-electron chi connectivity index (χ0n) is 17.4. The maximum atomic E-state index is 13.9. The average Bonchev–Trinajstić information content (AvgIpc) is 2.67. The highest BCUT2D eigenvalue weighted by Crippen LogP contribution is 2.23. The summed E-state index contributed by atoms with van der Waals surface area (Å²) in [7, 11) is 0. The number of quaternary nitrogens is 1. The molecule has 2 nitrogen and oxygen atoms in total. The summed E-state index contributed by atoms with van der Waals surface area (Å²) in [5, 5.41) is 0. The van der Waals surface area contributed by atoms with Gasteiger partial charge in [0.15, 0.2) is 0 Å². The van der Waals surface area contributed by atoms with Crippen LogP contribution in [-0.2, 0) is 12.8 Å². The molecule has 2 N–H and O–H groups in total. The second kappa shape index (κ2) is 14.0. The van der Waals surface area contributed by atoms with Crippen molar-refractivity contribution in [3.8, 4) is 0 Å². The van der Waals surface area contributed by atoms with Gasteiger partial charge in [0.1, 0.15) is 23.3 Å². The van der Waals surface area contributed by atoms with Crippen LogP contribution in [0.2, 0.25) is 0 Å². The summed E-state index contributed by atoms with van der Waals surface area (Å²) in [4.78, 5) is 0. The van der Waals surface area contributed by atoms with Gasteiger partial charge < -0.3 is 22.6 Å². The van der Waals surface area contributed by atoms with Crippen LogP contribution < -0.4 is 18.1 Å². The van der Waals surface area contributed by atoms with E-state index in [9.17, 15) is 17.6 Å². The number of hydrogen-bond donors (Lipinski definition) is 1. The first kappa shape index (κ1) is 30.7. The summed E-state index contributed by atoms with van der Waals surface area (Å²) in [6.07, 6.45) is 3.88. The summed E-state index contributed by atoms with van der Waals surface area (Å²) in [6.45, 7) is 3.23. The van der Waals surface area contributed by atoms with Crippen molar-refractivity contribution < 1.29 is 34.5 Å². The molecule has 1 heterocycles. The third-order valence-corrected chi connectivity index (χ3v) is 6.07. The minimum absolute atomic E-state index is 0. The van der Waals surface area contributed by atoms with E-state index in [1.165, 1.54) is 36.4 Å². The molecule has 0 unspecified atom stereocenters. The van der Waals surface area contributed by atoms with Crippen LogP contribution in [0.25, 0.3) is 0 Å². The smallest absolute Gasteiger partial charge is 0.129 e. The molecule has 0 radical (unpaired) electrons. The highest BCUT2D eigenvalue weighted by Gasteiger charge is 2.33. The van der Waals surface area contributed by atoms with E-state index in [1.54, 1.807) is 0 Å². The quantitative estimate of drug-likeness (QED) is 0.441. The van der Waals surface area contributed by atoms with Crippen LogP contribution in [0, 0.1) is 23.3 Å². The Bertz CT molecular complexity index is 738. The van der Waals surface area contributed by atoms with Gasteiger partial charge in [-0.3, -0.25) is 0 Å². The molecule has 0 spiro atoms. The molecule has 1 aliphatic rings. The molecule has 2 aromatic rings. The number of halogens is 6. The van der Waals surface area contributed by atoms with Crippen LogP contribution in [0.5, 0.6) is 0 Å². The Morgan fingerprint density at radius 3 is 1.59 bits per heavy atom. The fraction of sp³-hybridized carbons (Fsp3) is 0.500. The fourth-order valence-corrected chi connectivity index (χ4v) is 4.61. The minimum atomic E-state index is -0.512. The lowest BCUT2D eigenvalue weighted by molar-refractivity contribution is -0.933. The van der Waals surface area contributed by atoms with Gasteiger partial charge in [0.05, 0.1) is 32.2 Å². The molecule has 182 valence electrons. The van der Waals surface area contributed by atoms with Gasteiger partial charge in [0.2, 0.25) is 0 Å². The molecule has 1 fully saturated rings. The number of nitrogens with zero attached hydrogens (tertiary/aromatic N) is 1. The Morgan fingerprint density at radius 1 is 0.812 bits per heavy atom. The van der Waals surface area contributed by atoms with Gasteiger partial charge >= 0.3 is 0 Å². The predicted molar refractivity (Wildman–Crippen MR) is 120 cm³/mol. The zero-order chi connectivity index (χ0) is 20.9. The van der Waals surface area contributed by atoms with Crippen LogP contribution >= 0.6 is 12.4 Å². The molecule has 32 heavy (non-hydrogen) atoms. The van der Waals surface area contributed by atoms with E-state index in [1.807, 2.05) is 0 Å². The van der Waals surface area contributed by atoms with Gasteiger partial charge in [-0.1, -0.05) is 19.6 Å². The Kier molecular flexibility index (Phi) is 13.4. The van der Waals surface area contributed by atoms with Crippen LogP contribution in [-0.4, -0.2) is 36.7 Å². The SMILES string of the molecule is C.Cl.N[C@H]1CCC[N+](CCCc2c(F)cccc2F)(CCCc2c(F)cccc2F)C1.[Cl-]. The minimum Gasteiger partial charge on any atom is -1.00 e. The molecule has 8 heteroatoms. The number of rotatable bonds is 8. The first-order valence-corrected chi connectivity index (χ1v) is 10.4. The Hall–Kier alpha value is -1.34. The van der Waals surface area contributed by atoms with Crippen LogP contribution in [0.3, 0.4) is 0 Å². The summed E-state index contributed by atoms with van der Waals surface area (Å²) < 4.78 is 56.4. The molecule has 0 saturated carbocycles. The summed E-state index contributed by atoms with van der Waals surface area (Å²) in [5.41, 5.74) is 6.47. The second-order valence-corrected chi connectivity index (χ2v) is 8.20. The lowest BCUT2D eigenvalue weighted by atomic mass is 9.99. The number of likely N-dealkylation sites (tertiary alicyclic amines) is 1. The molecule has 1 aliphatic heterocycles. The van der Waals surface area contributed by atoms with Gasteiger partial charge in [-0.2, -0.15) is 0 Å². The molecule has 1 saturated heterocycles. The molecule has 2 aromatic carbocycles. The molecule has 3 rings (SSSR count). The molecule has 0 amide bonds. The van der Waals surface area contributed by atoms with Gasteiger partial charge in [0, 0.05) is 24.0 Å². The van der Waals surface area contributed by atoms with Gasteiger partial charge in [-0.05, 0) is 49.9 Å². The first-order valence-electron chi connectivity index (χ1n) is 10.4. The van der Waals surface area contributed by atoms with E-state index in [4.69, 9.17) is 5.73 Å². The van der Waals surface area contributed by atoms with E-state index < -0.39 is 23.3 Å². The van der Waals surface area contributed by atoms with Crippen molar-refractivity contribution in [1.29, 1.82) is 0 Å². The van der Waals surface area contributed by atoms with Crippen LogP contribution in [0.1, 0.15) is 44.2 Å². The van der Waals surface area contributed by atoms with Crippen molar-refractivity contribution >= 4 is 12.4 Å². The average molecular weight is 497 g/mol. The summed E-state index contributed by atoms with van der Waals surface area (Å²) >= 11 is 0. The largest absolute Gasteiger partial charge is 1.00 e.